The second-order valence-corrected chi connectivity index (χ2v) is 5.93. The fraction of sp³-hybridized carbons (Fsp3) is 0.333. The van der Waals surface area contributed by atoms with Crippen molar-refractivity contribution < 1.29 is 0 Å². The quantitative estimate of drug-likeness (QED) is 0.700. The fourth-order valence-electron chi connectivity index (χ4n) is 2.21. The van der Waals surface area contributed by atoms with Crippen molar-refractivity contribution in [2.24, 2.45) is 0 Å². The van der Waals surface area contributed by atoms with Crippen LogP contribution in [0.15, 0.2) is 48.5 Å². The van der Waals surface area contributed by atoms with Crippen LogP contribution in [0.1, 0.15) is 40.3 Å². The second kappa shape index (κ2) is 6.81. The van der Waals surface area contributed by atoms with Crippen LogP contribution in [-0.4, -0.2) is 0 Å². The lowest BCUT2D eigenvalue weighted by molar-refractivity contribution is 0.725. The van der Waals surface area contributed by atoms with E-state index in [0.717, 1.165) is 12.8 Å². The van der Waals surface area contributed by atoms with Gasteiger partial charge in [-0.05, 0) is 44.2 Å². The zero-order valence-corrected chi connectivity index (χ0v) is 12.7. The summed E-state index contributed by atoms with van der Waals surface area (Å²) in [6.45, 7) is 4.25. The van der Waals surface area contributed by atoms with Crippen molar-refractivity contribution in [3.05, 3.63) is 70.8 Å². The van der Waals surface area contributed by atoms with Gasteiger partial charge in [-0.15, -0.1) is 0 Å². The molecule has 2 aromatic rings. The van der Waals surface area contributed by atoms with E-state index in [-0.39, 0.29) is 0 Å². The molecule has 1 heteroatoms. The summed E-state index contributed by atoms with van der Waals surface area (Å²) in [5.74, 6) is 0. The van der Waals surface area contributed by atoms with Gasteiger partial charge in [-0.2, -0.15) is 12.6 Å². The monoisotopic (exact) mass is 270 g/mol. The molecular weight excluding hydrogens is 248 g/mol. The zero-order chi connectivity index (χ0) is 13.7. The van der Waals surface area contributed by atoms with Crippen LogP contribution in [0, 0.1) is 13.8 Å². The Kier molecular flexibility index (Phi) is 5.09. The van der Waals surface area contributed by atoms with Crippen molar-refractivity contribution in [1.29, 1.82) is 0 Å². The molecule has 0 aliphatic rings. The van der Waals surface area contributed by atoms with Gasteiger partial charge in [0.05, 0.1) is 0 Å². The van der Waals surface area contributed by atoms with Crippen molar-refractivity contribution >= 4 is 12.6 Å². The molecule has 0 spiro atoms. The fourth-order valence-corrected chi connectivity index (χ4v) is 2.56. The summed E-state index contributed by atoms with van der Waals surface area (Å²) < 4.78 is 0. The maximum Gasteiger partial charge on any atom is 0.0267 e. The minimum Gasteiger partial charge on any atom is -0.171 e. The average Bonchev–Trinajstić information content (AvgIpc) is 2.41. The second-order valence-electron chi connectivity index (χ2n) is 5.30. The minimum atomic E-state index is 0.353. The lowest BCUT2D eigenvalue weighted by atomic mass is 10.0. The lowest BCUT2D eigenvalue weighted by Crippen LogP contribution is -1.93. The normalized spacial score (nSPS) is 12.4. The predicted octanol–water partition coefficient (Wildman–Crippen LogP) is 5.30. The van der Waals surface area contributed by atoms with E-state index < -0.39 is 0 Å². The number of hydrogen-bond acceptors (Lipinski definition) is 1. The van der Waals surface area contributed by atoms with Gasteiger partial charge in [0.25, 0.3) is 0 Å². The summed E-state index contributed by atoms with van der Waals surface area (Å²) in [5, 5.41) is 0.353. The Morgan fingerprint density at radius 2 is 1.37 bits per heavy atom. The molecule has 0 saturated carbocycles. The smallest absolute Gasteiger partial charge is 0.0267 e. The van der Waals surface area contributed by atoms with Crippen molar-refractivity contribution in [2.45, 2.75) is 38.4 Å². The molecule has 2 rings (SSSR count). The molecule has 0 N–H and O–H groups in total. The molecule has 0 saturated heterocycles. The maximum atomic E-state index is 4.72. The molecule has 1 atom stereocenters. The largest absolute Gasteiger partial charge is 0.171 e. The van der Waals surface area contributed by atoms with Gasteiger partial charge in [0.1, 0.15) is 0 Å². The highest BCUT2D eigenvalue weighted by atomic mass is 32.1. The molecule has 0 aliphatic carbocycles. The third-order valence-electron chi connectivity index (χ3n) is 3.53. The van der Waals surface area contributed by atoms with Gasteiger partial charge >= 0.3 is 0 Å². The van der Waals surface area contributed by atoms with Crippen LogP contribution in [0.5, 0.6) is 0 Å². The molecule has 0 aliphatic heterocycles. The average molecular weight is 270 g/mol. The zero-order valence-electron chi connectivity index (χ0n) is 11.8. The summed E-state index contributed by atoms with van der Waals surface area (Å²) in [6.07, 6.45) is 3.45. The first-order valence-electron chi connectivity index (χ1n) is 6.95. The van der Waals surface area contributed by atoms with Crippen LogP contribution in [-0.2, 0) is 6.42 Å². The molecule has 0 heterocycles. The third kappa shape index (κ3) is 4.43. The van der Waals surface area contributed by atoms with Crippen molar-refractivity contribution in [1.82, 2.24) is 0 Å². The Bertz CT molecular complexity index is 496. The van der Waals surface area contributed by atoms with Crippen LogP contribution in [0.3, 0.4) is 0 Å². The SMILES string of the molecule is Cc1ccc(CCCC(S)c2ccc(C)cc2)cc1. The highest BCUT2D eigenvalue weighted by molar-refractivity contribution is 7.80. The number of benzene rings is 2. The first-order valence-corrected chi connectivity index (χ1v) is 7.47. The van der Waals surface area contributed by atoms with Crippen LogP contribution in [0.25, 0.3) is 0 Å². The van der Waals surface area contributed by atoms with E-state index in [2.05, 4.69) is 62.4 Å². The van der Waals surface area contributed by atoms with Gasteiger partial charge < -0.3 is 0 Å². The number of thiol groups is 1. The molecule has 100 valence electrons. The molecule has 0 radical (unpaired) electrons. The van der Waals surface area contributed by atoms with Gasteiger partial charge in [-0.3, -0.25) is 0 Å². The summed E-state index contributed by atoms with van der Waals surface area (Å²) in [6, 6.07) is 17.6. The molecule has 0 nitrogen and oxygen atoms in total. The van der Waals surface area contributed by atoms with Crippen LogP contribution < -0.4 is 0 Å². The van der Waals surface area contributed by atoms with E-state index >= 15 is 0 Å². The molecule has 0 fully saturated rings. The first-order chi connectivity index (χ1) is 9.15. The van der Waals surface area contributed by atoms with E-state index in [1.165, 1.54) is 28.7 Å². The lowest BCUT2D eigenvalue weighted by Gasteiger charge is -2.11. The Hall–Kier alpha value is -1.21. The van der Waals surface area contributed by atoms with Gasteiger partial charge in [0, 0.05) is 5.25 Å². The maximum absolute atomic E-state index is 4.72. The topological polar surface area (TPSA) is 0 Å². The van der Waals surface area contributed by atoms with Gasteiger partial charge in [0.2, 0.25) is 0 Å². The van der Waals surface area contributed by atoms with E-state index in [1.54, 1.807) is 0 Å². The van der Waals surface area contributed by atoms with Crippen molar-refractivity contribution in [3.8, 4) is 0 Å². The number of hydrogen-bond donors (Lipinski definition) is 1. The highest BCUT2D eigenvalue weighted by Gasteiger charge is 2.05. The minimum absolute atomic E-state index is 0.353. The standard InChI is InChI=1S/C18H22S/c1-14-6-10-16(11-7-14)4-3-5-18(19)17-12-8-15(2)9-13-17/h6-13,18-19H,3-5H2,1-2H3. The molecule has 1 unspecified atom stereocenters. The van der Waals surface area contributed by atoms with Gasteiger partial charge in [0.15, 0.2) is 0 Å². The number of rotatable bonds is 5. The van der Waals surface area contributed by atoms with E-state index in [0.29, 0.717) is 5.25 Å². The Morgan fingerprint density at radius 1 is 0.842 bits per heavy atom. The van der Waals surface area contributed by atoms with Crippen LogP contribution in [0.4, 0.5) is 0 Å². The third-order valence-corrected chi connectivity index (χ3v) is 4.08. The molecular formula is C18H22S. The van der Waals surface area contributed by atoms with Crippen molar-refractivity contribution in [3.63, 3.8) is 0 Å². The molecule has 0 aromatic heterocycles. The first kappa shape index (κ1) is 14.2. The highest BCUT2D eigenvalue weighted by Crippen LogP contribution is 2.26. The molecule has 0 bridgehead atoms. The van der Waals surface area contributed by atoms with Crippen LogP contribution in [0.2, 0.25) is 0 Å². The summed E-state index contributed by atoms with van der Waals surface area (Å²) in [5.41, 5.74) is 5.40. The molecule has 19 heavy (non-hydrogen) atoms. The Balaban J connectivity index is 1.82. The van der Waals surface area contributed by atoms with Crippen LogP contribution >= 0.6 is 12.6 Å². The van der Waals surface area contributed by atoms with Gasteiger partial charge in [-0.25, -0.2) is 0 Å². The molecule has 2 aromatic carbocycles. The Morgan fingerprint density at radius 3 is 1.95 bits per heavy atom. The van der Waals surface area contributed by atoms with E-state index in [1.807, 2.05) is 0 Å². The van der Waals surface area contributed by atoms with E-state index in [4.69, 9.17) is 12.6 Å². The summed E-state index contributed by atoms with van der Waals surface area (Å²) >= 11 is 4.72. The summed E-state index contributed by atoms with van der Waals surface area (Å²) in [7, 11) is 0. The Labute approximate surface area is 122 Å². The van der Waals surface area contributed by atoms with Crippen molar-refractivity contribution in [2.75, 3.05) is 0 Å². The number of aryl methyl sites for hydroxylation is 3. The molecule has 0 amide bonds. The van der Waals surface area contributed by atoms with E-state index in [9.17, 15) is 0 Å². The van der Waals surface area contributed by atoms with Gasteiger partial charge in [-0.1, -0.05) is 59.7 Å². The predicted molar refractivity (Wildman–Crippen MR) is 87.0 cm³/mol. The summed E-state index contributed by atoms with van der Waals surface area (Å²) in [4.78, 5) is 0.